The highest BCUT2D eigenvalue weighted by atomic mass is 19.4. The third-order valence-corrected chi connectivity index (χ3v) is 6.75. The summed E-state index contributed by atoms with van der Waals surface area (Å²) in [6, 6.07) is 5.86. The Hall–Kier alpha value is -2.81. The first-order valence-electron chi connectivity index (χ1n) is 11.2. The van der Waals surface area contributed by atoms with Crippen molar-refractivity contribution in [1.82, 2.24) is 19.9 Å². The molecule has 0 bridgehead atoms. The summed E-state index contributed by atoms with van der Waals surface area (Å²) < 4.78 is 45.4. The van der Waals surface area contributed by atoms with Gasteiger partial charge in [-0.05, 0) is 51.3 Å². The molecule has 0 radical (unpaired) electrons. The number of aromatic nitrogens is 4. The van der Waals surface area contributed by atoms with Gasteiger partial charge in [-0.3, -0.25) is 4.98 Å². The summed E-state index contributed by atoms with van der Waals surface area (Å²) in [5.41, 5.74) is 5.46. The molecule has 2 aliphatic rings. The van der Waals surface area contributed by atoms with Gasteiger partial charge in [0.2, 0.25) is 0 Å². The number of hydrogen-bond donors (Lipinski definition) is 0. The van der Waals surface area contributed by atoms with Crippen molar-refractivity contribution < 1.29 is 17.9 Å². The fraction of sp³-hybridized carbons (Fsp3) is 0.500. The second kappa shape index (κ2) is 8.20. The maximum Gasteiger partial charge on any atom is 0.391 e. The summed E-state index contributed by atoms with van der Waals surface area (Å²) in [6.07, 6.45) is -2.43. The van der Waals surface area contributed by atoms with Gasteiger partial charge in [0.05, 0.1) is 35.1 Å². The lowest BCUT2D eigenvalue weighted by Gasteiger charge is -2.38. The molecule has 3 aromatic rings. The van der Waals surface area contributed by atoms with Crippen molar-refractivity contribution in [3.63, 3.8) is 0 Å². The molecule has 33 heavy (non-hydrogen) atoms. The van der Waals surface area contributed by atoms with Crippen LogP contribution in [-0.2, 0) is 4.74 Å². The van der Waals surface area contributed by atoms with Crippen LogP contribution in [0.2, 0.25) is 0 Å². The zero-order valence-electron chi connectivity index (χ0n) is 18.9. The smallest absolute Gasteiger partial charge is 0.370 e. The fourth-order valence-corrected chi connectivity index (χ4v) is 4.62. The maximum absolute atomic E-state index is 13.1. The zero-order chi connectivity index (χ0) is 23.3. The summed E-state index contributed by atoms with van der Waals surface area (Å²) >= 11 is 0. The van der Waals surface area contributed by atoms with E-state index in [4.69, 9.17) is 14.7 Å². The van der Waals surface area contributed by atoms with Crippen molar-refractivity contribution in [2.75, 3.05) is 24.6 Å². The number of hydrogen-bond acceptors (Lipinski definition) is 6. The predicted molar refractivity (Wildman–Crippen MR) is 118 cm³/mol. The number of fused-ring (bicyclic) bond motifs is 1. The van der Waals surface area contributed by atoms with Crippen LogP contribution in [0.5, 0.6) is 0 Å². The van der Waals surface area contributed by atoms with Crippen molar-refractivity contribution in [2.45, 2.75) is 51.8 Å². The van der Waals surface area contributed by atoms with E-state index in [1.807, 2.05) is 39.0 Å². The topological polar surface area (TPSA) is 64.0 Å². The molecule has 0 aromatic carbocycles. The van der Waals surface area contributed by atoms with E-state index < -0.39 is 12.1 Å². The van der Waals surface area contributed by atoms with Crippen LogP contribution in [0.15, 0.2) is 24.4 Å². The summed E-state index contributed by atoms with van der Waals surface area (Å²) in [7, 11) is 0. The molecule has 9 heteroatoms. The van der Waals surface area contributed by atoms with Gasteiger partial charge in [0.25, 0.3) is 0 Å². The van der Waals surface area contributed by atoms with E-state index in [9.17, 15) is 13.2 Å². The highest BCUT2D eigenvalue weighted by molar-refractivity contribution is 5.80. The minimum absolute atomic E-state index is 0.0473. The van der Waals surface area contributed by atoms with Gasteiger partial charge in [0.1, 0.15) is 17.4 Å². The van der Waals surface area contributed by atoms with Crippen LogP contribution in [0, 0.1) is 26.7 Å². The normalized spacial score (nSPS) is 23.6. The molecule has 1 aliphatic carbocycles. The average Bonchev–Trinajstić information content (AvgIpc) is 2.73. The highest BCUT2D eigenvalue weighted by Gasteiger charge is 2.49. The van der Waals surface area contributed by atoms with Gasteiger partial charge in [-0.1, -0.05) is 0 Å². The number of halogens is 3. The number of anilines is 1. The molecule has 1 saturated heterocycles. The van der Waals surface area contributed by atoms with Gasteiger partial charge in [-0.25, -0.2) is 15.0 Å². The molecule has 3 aromatic heterocycles. The molecule has 0 unspecified atom stereocenters. The van der Waals surface area contributed by atoms with Crippen molar-refractivity contribution >= 4 is 16.9 Å². The van der Waals surface area contributed by atoms with Crippen LogP contribution in [0.25, 0.3) is 11.0 Å². The Kier molecular flexibility index (Phi) is 5.47. The minimum atomic E-state index is -4.16. The SMILES string of the molecule is Cc1cc([C@@H]2CN(c3cc4nc(C)c(C)nc4c([C@H]4C[C@H](C(F)(F)F)C4)n3)CCO2)ccn1. The number of alkyl halides is 3. The summed E-state index contributed by atoms with van der Waals surface area (Å²) in [5.74, 6) is -0.829. The van der Waals surface area contributed by atoms with E-state index in [1.165, 1.54) is 0 Å². The molecule has 0 spiro atoms. The Bertz CT molecular complexity index is 1190. The number of ether oxygens (including phenoxy) is 1. The maximum atomic E-state index is 13.1. The summed E-state index contributed by atoms with van der Waals surface area (Å²) in [5, 5.41) is 0. The average molecular weight is 458 g/mol. The van der Waals surface area contributed by atoms with Crippen LogP contribution < -0.4 is 4.90 Å². The van der Waals surface area contributed by atoms with Gasteiger partial charge in [-0.15, -0.1) is 0 Å². The van der Waals surface area contributed by atoms with Crippen LogP contribution in [-0.4, -0.2) is 45.8 Å². The molecule has 6 nitrogen and oxygen atoms in total. The molecule has 1 atom stereocenters. The van der Waals surface area contributed by atoms with E-state index in [-0.39, 0.29) is 24.9 Å². The summed E-state index contributed by atoms with van der Waals surface area (Å²) in [4.78, 5) is 20.6. The van der Waals surface area contributed by atoms with Crippen molar-refractivity contribution in [3.05, 3.63) is 52.7 Å². The molecular weight excluding hydrogens is 431 g/mol. The third kappa shape index (κ3) is 4.26. The van der Waals surface area contributed by atoms with Gasteiger partial charge in [-0.2, -0.15) is 13.2 Å². The van der Waals surface area contributed by atoms with E-state index in [1.54, 1.807) is 6.20 Å². The van der Waals surface area contributed by atoms with E-state index in [2.05, 4.69) is 14.9 Å². The van der Waals surface area contributed by atoms with Crippen LogP contribution in [0.4, 0.5) is 19.0 Å². The van der Waals surface area contributed by atoms with Gasteiger partial charge >= 0.3 is 6.18 Å². The first-order valence-corrected chi connectivity index (χ1v) is 11.2. The lowest BCUT2D eigenvalue weighted by atomic mass is 9.72. The Morgan fingerprint density at radius 2 is 1.79 bits per heavy atom. The number of pyridine rings is 2. The van der Waals surface area contributed by atoms with E-state index >= 15 is 0 Å². The molecule has 174 valence electrons. The van der Waals surface area contributed by atoms with Crippen molar-refractivity contribution in [2.24, 2.45) is 5.92 Å². The van der Waals surface area contributed by atoms with Gasteiger partial charge < -0.3 is 9.64 Å². The number of nitrogens with zero attached hydrogens (tertiary/aromatic N) is 5. The first kappa shape index (κ1) is 22.0. The quantitative estimate of drug-likeness (QED) is 0.553. The second-order valence-corrected chi connectivity index (χ2v) is 9.07. The molecule has 0 N–H and O–H groups in total. The van der Waals surface area contributed by atoms with Gasteiger partial charge in [0.15, 0.2) is 0 Å². The molecule has 5 rings (SSSR count). The Morgan fingerprint density at radius 3 is 2.52 bits per heavy atom. The number of aryl methyl sites for hydroxylation is 3. The second-order valence-electron chi connectivity index (χ2n) is 9.07. The highest BCUT2D eigenvalue weighted by Crippen LogP contribution is 2.50. The van der Waals surface area contributed by atoms with Crippen molar-refractivity contribution in [3.8, 4) is 0 Å². The van der Waals surface area contributed by atoms with Crippen LogP contribution in [0.3, 0.4) is 0 Å². The standard InChI is InChI=1S/C24H26F3N5O/c1-13-8-16(4-5-28-13)20-12-32(6-7-33-20)21-11-19-23(30-15(3)14(2)29-19)22(31-21)17-9-18(10-17)24(25,26)27/h4-5,8,11,17-18,20H,6-7,9-10,12H2,1-3H3/t17-,18-,20-/m0/s1. The summed E-state index contributed by atoms with van der Waals surface area (Å²) in [6.45, 7) is 7.46. The lowest BCUT2D eigenvalue weighted by Crippen LogP contribution is -2.39. The molecule has 4 heterocycles. The molecule has 1 aliphatic heterocycles. The molecule has 2 fully saturated rings. The molecular formula is C24H26F3N5O. The number of morpholine rings is 1. The Balaban J connectivity index is 1.50. The first-order chi connectivity index (χ1) is 15.7. The fourth-order valence-electron chi connectivity index (χ4n) is 4.62. The molecule has 0 amide bonds. The Morgan fingerprint density at radius 1 is 1.03 bits per heavy atom. The molecule has 1 saturated carbocycles. The van der Waals surface area contributed by atoms with E-state index in [0.29, 0.717) is 42.2 Å². The van der Waals surface area contributed by atoms with E-state index in [0.717, 1.165) is 22.6 Å². The zero-order valence-corrected chi connectivity index (χ0v) is 18.9. The van der Waals surface area contributed by atoms with Crippen LogP contribution in [0.1, 0.15) is 53.2 Å². The largest absolute Gasteiger partial charge is 0.391 e. The van der Waals surface area contributed by atoms with Crippen LogP contribution >= 0.6 is 0 Å². The van der Waals surface area contributed by atoms with Gasteiger partial charge in [0, 0.05) is 37.0 Å². The predicted octanol–water partition coefficient (Wildman–Crippen LogP) is 4.98. The third-order valence-electron chi connectivity index (χ3n) is 6.75. The Labute approximate surface area is 190 Å². The van der Waals surface area contributed by atoms with Crippen molar-refractivity contribution in [1.29, 1.82) is 0 Å². The lowest BCUT2D eigenvalue weighted by molar-refractivity contribution is -0.197. The number of rotatable bonds is 3. The minimum Gasteiger partial charge on any atom is -0.370 e. The monoisotopic (exact) mass is 457 g/mol.